The third-order valence-electron chi connectivity index (χ3n) is 5.92. The van der Waals surface area contributed by atoms with E-state index in [1.54, 1.807) is 0 Å². The number of benzene rings is 1. The molecular formula is C19H26ClN3O2. The van der Waals surface area contributed by atoms with E-state index in [1.807, 2.05) is 18.2 Å². The van der Waals surface area contributed by atoms with E-state index >= 15 is 0 Å². The van der Waals surface area contributed by atoms with Crippen LogP contribution in [0.4, 0.5) is 5.69 Å². The smallest absolute Gasteiger partial charge is 0.239 e. The number of nitrogens with two attached hydrogens (primary N) is 1. The summed E-state index contributed by atoms with van der Waals surface area (Å²) >= 11 is 6.12. The Bertz CT molecular complexity index is 640. The van der Waals surface area contributed by atoms with Crippen LogP contribution in [0.3, 0.4) is 0 Å². The van der Waals surface area contributed by atoms with Gasteiger partial charge in [-0.15, -0.1) is 0 Å². The van der Waals surface area contributed by atoms with Gasteiger partial charge >= 0.3 is 0 Å². The Morgan fingerprint density at radius 1 is 1.32 bits per heavy atom. The van der Waals surface area contributed by atoms with Gasteiger partial charge < -0.3 is 20.7 Å². The van der Waals surface area contributed by atoms with Gasteiger partial charge in [-0.25, -0.2) is 0 Å². The molecule has 1 aliphatic heterocycles. The van der Waals surface area contributed by atoms with Gasteiger partial charge in [0.2, 0.25) is 5.91 Å². The number of nitrogens with zero attached hydrogens (tertiary/aromatic N) is 1. The maximum Gasteiger partial charge on any atom is 0.239 e. The zero-order valence-corrected chi connectivity index (χ0v) is 15.2. The summed E-state index contributed by atoms with van der Waals surface area (Å²) < 4.78 is 5.67. The minimum Gasteiger partial charge on any atom is -0.490 e. The minimum absolute atomic E-state index is 0.0881. The van der Waals surface area contributed by atoms with Crippen molar-refractivity contribution in [3.63, 3.8) is 0 Å². The van der Waals surface area contributed by atoms with E-state index in [4.69, 9.17) is 22.1 Å². The van der Waals surface area contributed by atoms with Crippen LogP contribution in [-0.4, -0.2) is 37.7 Å². The van der Waals surface area contributed by atoms with Crippen molar-refractivity contribution in [1.29, 1.82) is 0 Å². The van der Waals surface area contributed by atoms with E-state index in [1.165, 1.54) is 19.3 Å². The molecule has 2 fully saturated rings. The lowest BCUT2D eigenvalue weighted by atomic mass is 9.67. The van der Waals surface area contributed by atoms with E-state index in [0.29, 0.717) is 48.6 Å². The molecule has 2 aliphatic carbocycles. The number of hydrogen-bond donors (Lipinski definition) is 2. The maximum absolute atomic E-state index is 12.7. The Morgan fingerprint density at radius 3 is 2.84 bits per heavy atom. The molecule has 2 unspecified atom stereocenters. The molecule has 3 aliphatic rings. The van der Waals surface area contributed by atoms with E-state index in [0.717, 1.165) is 24.3 Å². The van der Waals surface area contributed by atoms with E-state index in [-0.39, 0.29) is 5.91 Å². The van der Waals surface area contributed by atoms with Crippen molar-refractivity contribution in [2.75, 3.05) is 24.6 Å². The summed E-state index contributed by atoms with van der Waals surface area (Å²) in [5.41, 5.74) is 7.09. The number of amides is 1. The lowest BCUT2D eigenvalue weighted by molar-refractivity contribution is -0.122. The van der Waals surface area contributed by atoms with Gasteiger partial charge in [0.25, 0.3) is 0 Å². The first kappa shape index (κ1) is 17.0. The summed E-state index contributed by atoms with van der Waals surface area (Å²) in [5.74, 6) is 1.96. The fourth-order valence-corrected chi connectivity index (χ4v) is 5.01. The van der Waals surface area contributed by atoms with Crippen molar-refractivity contribution in [1.82, 2.24) is 5.32 Å². The number of halogens is 1. The molecular weight excluding hydrogens is 338 g/mol. The minimum atomic E-state index is 0.0881. The second-order valence-corrected chi connectivity index (χ2v) is 8.09. The zero-order chi connectivity index (χ0) is 17.4. The van der Waals surface area contributed by atoms with Crippen LogP contribution in [0.5, 0.6) is 5.75 Å². The van der Waals surface area contributed by atoms with Crippen molar-refractivity contribution in [3.8, 4) is 5.75 Å². The summed E-state index contributed by atoms with van der Waals surface area (Å²) in [5, 5.41) is 3.98. The summed E-state index contributed by atoms with van der Waals surface area (Å²) in [6, 6.07) is 6.15. The van der Waals surface area contributed by atoms with Crippen molar-refractivity contribution >= 4 is 23.2 Å². The first-order valence-corrected chi connectivity index (χ1v) is 9.70. The number of anilines is 1. The third-order valence-corrected chi connectivity index (χ3v) is 6.15. The topological polar surface area (TPSA) is 67.6 Å². The molecule has 0 spiro atoms. The average molecular weight is 364 g/mol. The van der Waals surface area contributed by atoms with Crippen LogP contribution >= 0.6 is 11.6 Å². The van der Waals surface area contributed by atoms with Crippen molar-refractivity contribution in [3.05, 3.63) is 23.2 Å². The van der Waals surface area contributed by atoms with Crippen LogP contribution in [-0.2, 0) is 4.79 Å². The van der Waals surface area contributed by atoms with Crippen LogP contribution in [0, 0.1) is 11.8 Å². The molecule has 2 bridgehead atoms. The van der Waals surface area contributed by atoms with Crippen LogP contribution in [0.2, 0.25) is 5.02 Å². The van der Waals surface area contributed by atoms with Gasteiger partial charge in [-0.1, -0.05) is 18.0 Å². The second-order valence-electron chi connectivity index (χ2n) is 7.66. The first-order chi connectivity index (χ1) is 12.1. The summed E-state index contributed by atoms with van der Waals surface area (Å²) in [6.45, 7) is 1.63. The summed E-state index contributed by atoms with van der Waals surface area (Å²) in [6.07, 6.45) is 5.72. The molecule has 6 heteroatoms. The third kappa shape index (κ3) is 3.58. The molecule has 0 aromatic heterocycles. The molecule has 1 aromatic carbocycles. The molecule has 5 nitrogen and oxygen atoms in total. The highest BCUT2D eigenvalue weighted by Crippen LogP contribution is 2.40. The molecule has 0 saturated heterocycles. The van der Waals surface area contributed by atoms with Crippen LogP contribution < -0.4 is 20.7 Å². The van der Waals surface area contributed by atoms with Gasteiger partial charge in [-0.3, -0.25) is 4.79 Å². The van der Waals surface area contributed by atoms with Gasteiger partial charge in [0, 0.05) is 17.1 Å². The number of fused-ring (bicyclic) bond motifs is 3. The number of carbonyl (C=O) groups excluding carboxylic acids is 1. The van der Waals surface area contributed by atoms with Gasteiger partial charge in [-0.05, 0) is 55.7 Å². The molecule has 25 heavy (non-hydrogen) atoms. The normalized spacial score (nSPS) is 31.0. The Labute approximate surface area is 153 Å². The fraction of sp³-hybridized carbons (Fsp3) is 0.632. The lowest BCUT2D eigenvalue weighted by Crippen LogP contribution is -2.55. The fourth-order valence-electron chi connectivity index (χ4n) is 4.84. The molecule has 2 saturated carbocycles. The zero-order valence-electron chi connectivity index (χ0n) is 14.4. The van der Waals surface area contributed by atoms with Crippen LogP contribution in [0.15, 0.2) is 18.2 Å². The average Bonchev–Trinajstić information content (AvgIpc) is 2.56. The predicted octanol–water partition coefficient (Wildman–Crippen LogP) is 2.56. The highest BCUT2D eigenvalue weighted by Gasteiger charge is 2.40. The molecule has 4 rings (SSSR count). The Balaban J connectivity index is 1.42. The quantitative estimate of drug-likeness (QED) is 0.866. The second kappa shape index (κ2) is 7.04. The SMILES string of the molecule is NC1CC2CCCC(C1)C2NC(=O)CN1CCOc2ccc(Cl)cc21. The molecule has 3 N–H and O–H groups in total. The Morgan fingerprint density at radius 2 is 2.08 bits per heavy atom. The van der Waals surface area contributed by atoms with Crippen LogP contribution in [0.1, 0.15) is 32.1 Å². The van der Waals surface area contributed by atoms with Gasteiger partial charge in [0.05, 0.1) is 18.8 Å². The highest BCUT2D eigenvalue weighted by atomic mass is 35.5. The Kier molecular flexibility index (Phi) is 4.78. The summed E-state index contributed by atoms with van der Waals surface area (Å²) in [7, 11) is 0. The number of hydrogen-bond acceptors (Lipinski definition) is 4. The van der Waals surface area contributed by atoms with Gasteiger partial charge in [0.1, 0.15) is 12.4 Å². The monoisotopic (exact) mass is 363 g/mol. The van der Waals surface area contributed by atoms with Gasteiger partial charge in [-0.2, -0.15) is 0 Å². The van der Waals surface area contributed by atoms with Crippen molar-refractivity contribution < 1.29 is 9.53 Å². The highest BCUT2D eigenvalue weighted by molar-refractivity contribution is 6.31. The largest absolute Gasteiger partial charge is 0.490 e. The van der Waals surface area contributed by atoms with Gasteiger partial charge in [0.15, 0.2) is 0 Å². The van der Waals surface area contributed by atoms with Crippen LogP contribution in [0.25, 0.3) is 0 Å². The molecule has 1 heterocycles. The summed E-state index contributed by atoms with van der Waals surface area (Å²) in [4.78, 5) is 14.8. The van der Waals surface area contributed by atoms with E-state index in [2.05, 4.69) is 10.2 Å². The van der Waals surface area contributed by atoms with Crippen molar-refractivity contribution in [2.45, 2.75) is 44.2 Å². The van der Waals surface area contributed by atoms with E-state index < -0.39 is 0 Å². The number of rotatable bonds is 3. The number of carbonyl (C=O) groups is 1. The molecule has 1 amide bonds. The molecule has 136 valence electrons. The van der Waals surface area contributed by atoms with E-state index in [9.17, 15) is 4.79 Å². The molecule has 2 atom stereocenters. The predicted molar refractivity (Wildman–Crippen MR) is 99.1 cm³/mol. The maximum atomic E-state index is 12.7. The molecule has 0 radical (unpaired) electrons. The lowest BCUT2D eigenvalue weighted by Gasteiger charge is -2.45. The number of ether oxygens (including phenoxy) is 1. The number of nitrogens with one attached hydrogen (secondary N) is 1. The first-order valence-electron chi connectivity index (χ1n) is 9.32. The molecule has 1 aromatic rings. The standard InChI is InChI=1S/C19H26ClN3O2/c20-14-4-5-17-16(10-14)23(6-7-25-17)11-18(24)22-19-12-2-1-3-13(19)9-15(21)8-12/h4-5,10,12-13,15,19H,1-3,6-9,11,21H2,(H,22,24). The van der Waals surface area contributed by atoms with Crippen molar-refractivity contribution in [2.24, 2.45) is 17.6 Å². The Hall–Kier alpha value is -1.46.